The summed E-state index contributed by atoms with van der Waals surface area (Å²) in [6.07, 6.45) is 0. The summed E-state index contributed by atoms with van der Waals surface area (Å²) in [7, 11) is 0. The maximum atomic E-state index is 11.4. The lowest BCUT2D eigenvalue weighted by Gasteiger charge is -2.05. The molecule has 0 aliphatic rings. The van der Waals surface area contributed by atoms with Gasteiger partial charge in [-0.1, -0.05) is 46.4 Å². The molecule has 1 heterocycles. The van der Waals surface area contributed by atoms with Gasteiger partial charge in [0, 0.05) is 0 Å². The van der Waals surface area contributed by atoms with Crippen molar-refractivity contribution in [2.24, 2.45) is 0 Å². The molecule has 4 nitrogen and oxygen atoms in total. The molecule has 1 aromatic carbocycles. The summed E-state index contributed by atoms with van der Waals surface area (Å²) < 4.78 is 4.31. The van der Waals surface area contributed by atoms with E-state index in [0.29, 0.717) is 0 Å². The first-order valence-electron chi connectivity index (χ1n) is 3.82. The molecule has 0 aliphatic carbocycles. The molecular weight excluding hydrogens is 300 g/mol. The van der Waals surface area contributed by atoms with E-state index in [1.165, 1.54) is 0 Å². The summed E-state index contributed by atoms with van der Waals surface area (Å²) in [5, 5.41) is -0.393. The van der Waals surface area contributed by atoms with Crippen LogP contribution in [0.3, 0.4) is 0 Å². The minimum absolute atomic E-state index is 0.00215. The predicted octanol–water partition coefficient (Wildman–Crippen LogP) is 3.09. The van der Waals surface area contributed by atoms with Crippen LogP contribution < -0.4 is 11.4 Å². The lowest BCUT2D eigenvalue weighted by molar-refractivity contribution is 0.460. The average Bonchev–Trinajstić information content (AvgIpc) is 2.22. The van der Waals surface area contributed by atoms with E-state index in [4.69, 9.17) is 46.4 Å². The Hall–Kier alpha value is -0.680. The normalized spacial score (nSPS) is 11.0. The molecule has 0 radical (unpaired) electrons. The first kappa shape index (κ1) is 11.8. The van der Waals surface area contributed by atoms with Gasteiger partial charge in [0.15, 0.2) is 0 Å². The number of H-pyrrole nitrogens is 1. The third kappa shape index (κ3) is 1.62. The molecule has 1 aromatic heterocycles. The lowest BCUT2D eigenvalue weighted by atomic mass is 10.2. The molecule has 2 aromatic rings. The van der Waals surface area contributed by atoms with Gasteiger partial charge in [0.25, 0.3) is 0 Å². The van der Waals surface area contributed by atoms with Crippen molar-refractivity contribution in [1.82, 2.24) is 4.98 Å². The molecule has 2 rings (SSSR count). The zero-order valence-corrected chi connectivity index (χ0v) is 10.3. The van der Waals surface area contributed by atoms with Gasteiger partial charge in [-0.05, 0) is 0 Å². The van der Waals surface area contributed by atoms with Gasteiger partial charge in [0.05, 0.1) is 25.6 Å². The number of hydrogen-bond donors (Lipinski definition) is 1. The fourth-order valence-electron chi connectivity index (χ4n) is 1.20. The van der Waals surface area contributed by atoms with Crippen LogP contribution in [-0.4, -0.2) is 4.98 Å². The van der Waals surface area contributed by atoms with Crippen molar-refractivity contribution in [3.8, 4) is 0 Å². The Balaban J connectivity index is 3.21. The van der Waals surface area contributed by atoms with E-state index >= 15 is 0 Å². The van der Waals surface area contributed by atoms with Crippen LogP contribution in [0.4, 0.5) is 0 Å². The minimum Gasteiger partial charge on any atom is -0.372 e. The average molecular weight is 301 g/mol. The van der Waals surface area contributed by atoms with E-state index in [0.717, 1.165) is 0 Å². The van der Waals surface area contributed by atoms with E-state index in [9.17, 15) is 9.59 Å². The van der Waals surface area contributed by atoms with Crippen LogP contribution in [0.15, 0.2) is 14.0 Å². The van der Waals surface area contributed by atoms with Crippen molar-refractivity contribution in [3.05, 3.63) is 41.1 Å². The molecule has 0 unspecified atom stereocenters. The fraction of sp³-hybridized carbons (Fsp3) is 0. The van der Waals surface area contributed by atoms with Crippen LogP contribution in [-0.2, 0) is 0 Å². The fourth-order valence-corrected chi connectivity index (χ4v) is 2.18. The summed E-state index contributed by atoms with van der Waals surface area (Å²) in [4.78, 5) is 24.6. The van der Waals surface area contributed by atoms with Crippen molar-refractivity contribution in [1.29, 1.82) is 0 Å². The minimum atomic E-state index is -0.950. The zero-order chi connectivity index (χ0) is 12.0. The van der Waals surface area contributed by atoms with E-state index in [1.807, 2.05) is 0 Å². The molecule has 0 aliphatic heterocycles. The maximum Gasteiger partial charge on any atom is 0.419 e. The molecule has 84 valence electrons. The molecular formula is C8HCl4NO3. The first-order chi connectivity index (χ1) is 7.43. The van der Waals surface area contributed by atoms with E-state index in [2.05, 4.69) is 9.40 Å². The smallest absolute Gasteiger partial charge is 0.372 e. The predicted molar refractivity (Wildman–Crippen MR) is 63.1 cm³/mol. The monoisotopic (exact) mass is 299 g/mol. The Bertz CT molecular complexity index is 703. The number of fused-ring (bicyclic) bond motifs is 1. The van der Waals surface area contributed by atoms with Crippen LogP contribution in [0, 0.1) is 0 Å². The highest BCUT2D eigenvalue weighted by atomic mass is 35.5. The number of nitrogens with one attached hydrogen (secondary N) is 1. The van der Waals surface area contributed by atoms with Crippen molar-refractivity contribution >= 4 is 57.3 Å². The van der Waals surface area contributed by atoms with E-state index in [1.54, 1.807) is 0 Å². The lowest BCUT2D eigenvalue weighted by Crippen LogP contribution is -2.15. The SMILES string of the molecule is O=c1[nH]c2c(Cl)c(Cl)c(Cl)c(Cl)c2c(=O)o1. The molecule has 1 N–H and O–H groups in total. The van der Waals surface area contributed by atoms with Gasteiger partial charge in [-0.3, -0.25) is 4.98 Å². The number of benzene rings is 1. The number of hydrogen-bond acceptors (Lipinski definition) is 3. The number of halogens is 4. The molecule has 0 saturated carbocycles. The third-order valence-electron chi connectivity index (χ3n) is 1.88. The first-order valence-corrected chi connectivity index (χ1v) is 5.33. The standard InChI is InChI=1S/C8HCl4NO3/c9-2-1-6(5(12)4(11)3(2)10)13-8(15)16-7(1)14/h(H,13,15). The highest BCUT2D eigenvalue weighted by Gasteiger charge is 2.18. The Labute approximate surface area is 108 Å². The van der Waals surface area contributed by atoms with Crippen LogP contribution >= 0.6 is 46.4 Å². The largest absolute Gasteiger partial charge is 0.419 e. The number of aromatic nitrogens is 1. The van der Waals surface area contributed by atoms with E-state index < -0.39 is 11.4 Å². The van der Waals surface area contributed by atoms with Gasteiger partial charge in [-0.25, -0.2) is 9.59 Å². The van der Waals surface area contributed by atoms with Crippen LogP contribution in [0.2, 0.25) is 20.1 Å². The molecule has 0 atom stereocenters. The van der Waals surface area contributed by atoms with Crippen LogP contribution in [0.25, 0.3) is 10.9 Å². The summed E-state index contributed by atoms with van der Waals surface area (Å²) in [6.45, 7) is 0. The molecule has 0 fully saturated rings. The molecule has 16 heavy (non-hydrogen) atoms. The third-order valence-corrected chi connectivity index (χ3v) is 3.69. The van der Waals surface area contributed by atoms with Gasteiger partial charge >= 0.3 is 11.4 Å². The van der Waals surface area contributed by atoms with Crippen molar-refractivity contribution < 1.29 is 4.42 Å². The summed E-state index contributed by atoms with van der Waals surface area (Å²) >= 11 is 23.1. The molecule has 0 spiro atoms. The van der Waals surface area contributed by atoms with Gasteiger partial charge in [0.2, 0.25) is 0 Å². The van der Waals surface area contributed by atoms with Crippen LogP contribution in [0.5, 0.6) is 0 Å². The topological polar surface area (TPSA) is 63.1 Å². The van der Waals surface area contributed by atoms with Crippen molar-refractivity contribution in [2.75, 3.05) is 0 Å². The summed E-state index contributed by atoms with van der Waals surface area (Å²) in [5.74, 6) is -0.950. The Morgan fingerprint density at radius 2 is 1.44 bits per heavy atom. The second-order valence-corrected chi connectivity index (χ2v) is 4.32. The van der Waals surface area contributed by atoms with Gasteiger partial charge in [-0.15, -0.1) is 0 Å². The second-order valence-electron chi connectivity index (χ2n) is 2.81. The van der Waals surface area contributed by atoms with E-state index in [-0.39, 0.29) is 31.0 Å². The van der Waals surface area contributed by atoms with Gasteiger partial charge < -0.3 is 4.42 Å². The van der Waals surface area contributed by atoms with Crippen molar-refractivity contribution in [2.45, 2.75) is 0 Å². The summed E-state index contributed by atoms with van der Waals surface area (Å²) in [6, 6.07) is 0. The molecule has 8 heteroatoms. The molecule has 0 saturated heterocycles. The van der Waals surface area contributed by atoms with Gasteiger partial charge in [-0.2, -0.15) is 0 Å². The Morgan fingerprint density at radius 1 is 0.875 bits per heavy atom. The Kier molecular flexibility index (Phi) is 2.92. The highest BCUT2D eigenvalue weighted by molar-refractivity contribution is 6.55. The maximum absolute atomic E-state index is 11.4. The molecule has 0 amide bonds. The number of rotatable bonds is 0. The Morgan fingerprint density at radius 3 is 2.06 bits per heavy atom. The molecule has 0 bridgehead atoms. The number of aromatic amines is 1. The zero-order valence-electron chi connectivity index (χ0n) is 7.24. The van der Waals surface area contributed by atoms with Gasteiger partial charge in [0.1, 0.15) is 5.39 Å². The van der Waals surface area contributed by atoms with Crippen LogP contribution in [0.1, 0.15) is 0 Å². The highest BCUT2D eigenvalue weighted by Crippen LogP contribution is 2.40. The quantitative estimate of drug-likeness (QED) is 0.600. The van der Waals surface area contributed by atoms with Crippen molar-refractivity contribution in [3.63, 3.8) is 0 Å². The second kappa shape index (κ2) is 3.96. The summed E-state index contributed by atoms with van der Waals surface area (Å²) in [5.41, 5.74) is -0.925.